The van der Waals surface area contributed by atoms with E-state index in [1.807, 2.05) is 6.92 Å². The van der Waals surface area contributed by atoms with E-state index in [0.29, 0.717) is 0 Å². The first-order valence-corrected chi connectivity index (χ1v) is 4.92. The van der Waals surface area contributed by atoms with Crippen molar-refractivity contribution in [1.29, 1.82) is 0 Å². The van der Waals surface area contributed by atoms with Gasteiger partial charge in [0, 0.05) is 9.49 Å². The molecule has 1 rings (SSSR count). The van der Waals surface area contributed by atoms with E-state index in [9.17, 15) is 0 Å². The maximum Gasteiger partial charge on any atom is 0.0534 e. The van der Waals surface area contributed by atoms with Gasteiger partial charge in [-0.25, -0.2) is 0 Å². The van der Waals surface area contributed by atoms with Crippen LogP contribution in [0, 0.1) is 16.4 Å². The number of halogens is 1. The van der Waals surface area contributed by atoms with E-state index >= 15 is 0 Å². The summed E-state index contributed by atoms with van der Waals surface area (Å²) in [6, 6.07) is 6.29. The Labute approximate surface area is 86.9 Å². The second-order valence-corrected chi connectivity index (χ2v) is 4.20. The van der Waals surface area contributed by atoms with Gasteiger partial charge in [0.15, 0.2) is 0 Å². The molecule has 65 valence electrons. The molecule has 0 bridgehead atoms. The Kier molecular flexibility index (Phi) is 3.53. The molecule has 1 aromatic carbocycles. The zero-order valence-electron chi connectivity index (χ0n) is 7.26. The molecule has 12 heavy (non-hydrogen) atoms. The summed E-state index contributed by atoms with van der Waals surface area (Å²) in [5.74, 6) is 1.02. The van der Waals surface area contributed by atoms with Crippen LogP contribution in [0.4, 0.5) is 0 Å². The highest BCUT2D eigenvalue weighted by atomic mass is 127. The van der Waals surface area contributed by atoms with Crippen molar-refractivity contribution in [2.24, 2.45) is 0 Å². The lowest BCUT2D eigenvalue weighted by Gasteiger charge is -2.08. The number of rotatable bonds is 2. The summed E-state index contributed by atoms with van der Waals surface area (Å²) in [5.41, 5.74) is 2.38. The highest BCUT2D eigenvalue weighted by Crippen LogP contribution is 2.18. The van der Waals surface area contributed by atoms with Crippen LogP contribution in [0.15, 0.2) is 18.2 Å². The standard InChI is InChI=1S/C10H12IO/c1-7-3-9(8(2)6-12)5-10(11)4-7/h3-5,12H,6H2,1-2H3. The van der Waals surface area contributed by atoms with E-state index in [0.717, 1.165) is 11.5 Å². The van der Waals surface area contributed by atoms with E-state index < -0.39 is 0 Å². The lowest BCUT2D eigenvalue weighted by Crippen LogP contribution is -2.00. The van der Waals surface area contributed by atoms with E-state index in [4.69, 9.17) is 5.11 Å². The summed E-state index contributed by atoms with van der Waals surface area (Å²) >= 11 is 2.29. The molecule has 1 radical (unpaired) electrons. The third kappa shape index (κ3) is 2.45. The smallest absolute Gasteiger partial charge is 0.0534 e. The molecule has 0 saturated heterocycles. The van der Waals surface area contributed by atoms with Gasteiger partial charge < -0.3 is 5.11 Å². The third-order valence-electron chi connectivity index (χ3n) is 1.77. The molecule has 0 spiro atoms. The lowest BCUT2D eigenvalue weighted by atomic mass is 10.0. The van der Waals surface area contributed by atoms with Crippen LogP contribution in [0.2, 0.25) is 0 Å². The van der Waals surface area contributed by atoms with E-state index in [1.165, 1.54) is 9.13 Å². The van der Waals surface area contributed by atoms with Crippen LogP contribution < -0.4 is 0 Å². The molecule has 0 amide bonds. The molecule has 2 heteroatoms. The third-order valence-corrected chi connectivity index (χ3v) is 2.39. The molecule has 1 aromatic rings. The van der Waals surface area contributed by atoms with Gasteiger partial charge >= 0.3 is 0 Å². The van der Waals surface area contributed by atoms with Crippen LogP contribution in [0.5, 0.6) is 0 Å². The van der Waals surface area contributed by atoms with Crippen LogP contribution >= 0.6 is 22.6 Å². The van der Waals surface area contributed by atoms with Crippen LogP contribution in [0.3, 0.4) is 0 Å². The fourth-order valence-electron chi connectivity index (χ4n) is 1.07. The second-order valence-electron chi connectivity index (χ2n) is 2.96. The van der Waals surface area contributed by atoms with Crippen molar-refractivity contribution in [1.82, 2.24) is 0 Å². The summed E-state index contributed by atoms with van der Waals surface area (Å²) in [7, 11) is 0. The molecule has 1 nitrogen and oxygen atoms in total. The number of aliphatic hydroxyl groups excluding tert-OH is 1. The monoisotopic (exact) mass is 275 g/mol. The minimum atomic E-state index is 0.138. The highest BCUT2D eigenvalue weighted by molar-refractivity contribution is 14.1. The molecule has 0 fully saturated rings. The summed E-state index contributed by atoms with van der Waals surface area (Å²) in [6.45, 7) is 4.15. The molecular formula is C10H12IO. The van der Waals surface area contributed by atoms with Gasteiger partial charge in [0.25, 0.3) is 0 Å². The molecule has 1 N–H and O–H groups in total. The largest absolute Gasteiger partial charge is 0.395 e. The zero-order valence-corrected chi connectivity index (χ0v) is 9.42. The minimum absolute atomic E-state index is 0.138. The Morgan fingerprint density at radius 2 is 2.08 bits per heavy atom. The van der Waals surface area contributed by atoms with Gasteiger partial charge in [-0.05, 0) is 52.8 Å². The Morgan fingerprint density at radius 3 is 2.58 bits per heavy atom. The van der Waals surface area contributed by atoms with E-state index in [2.05, 4.69) is 47.7 Å². The summed E-state index contributed by atoms with van der Waals surface area (Å²) in [6.07, 6.45) is 0. The first-order chi connectivity index (χ1) is 5.63. The number of hydrogen-bond donors (Lipinski definition) is 1. The van der Waals surface area contributed by atoms with Gasteiger partial charge in [-0.1, -0.05) is 13.0 Å². The van der Waals surface area contributed by atoms with Gasteiger partial charge in [0.2, 0.25) is 0 Å². The van der Waals surface area contributed by atoms with Crippen LogP contribution in [-0.2, 0) is 0 Å². The fourth-order valence-corrected chi connectivity index (χ4v) is 1.90. The lowest BCUT2D eigenvalue weighted by molar-refractivity contribution is 0.315. The first kappa shape index (κ1) is 9.99. The zero-order chi connectivity index (χ0) is 9.14. The van der Waals surface area contributed by atoms with Gasteiger partial charge in [-0.15, -0.1) is 0 Å². The number of hydrogen-bond acceptors (Lipinski definition) is 1. The number of aliphatic hydroxyl groups is 1. The second kappa shape index (κ2) is 4.23. The highest BCUT2D eigenvalue weighted by Gasteiger charge is 2.05. The van der Waals surface area contributed by atoms with Gasteiger partial charge in [-0.2, -0.15) is 0 Å². The Balaban J connectivity index is 3.00. The molecule has 0 heterocycles. The molecule has 0 unspecified atom stereocenters. The van der Waals surface area contributed by atoms with E-state index in [-0.39, 0.29) is 6.61 Å². The van der Waals surface area contributed by atoms with Gasteiger partial charge in [0.05, 0.1) is 6.61 Å². The average Bonchev–Trinajstić information content (AvgIpc) is 2.01. The van der Waals surface area contributed by atoms with Crippen LogP contribution in [-0.4, -0.2) is 11.7 Å². The maximum atomic E-state index is 8.93. The van der Waals surface area contributed by atoms with Crippen molar-refractivity contribution >= 4 is 22.6 Å². The van der Waals surface area contributed by atoms with Crippen LogP contribution in [0.1, 0.15) is 18.1 Å². The van der Waals surface area contributed by atoms with Gasteiger partial charge in [-0.3, -0.25) is 0 Å². The number of aryl methyl sites for hydroxylation is 1. The van der Waals surface area contributed by atoms with Crippen molar-refractivity contribution in [2.45, 2.75) is 13.8 Å². The maximum absolute atomic E-state index is 8.93. The average molecular weight is 275 g/mol. The van der Waals surface area contributed by atoms with Crippen molar-refractivity contribution < 1.29 is 5.11 Å². The SMILES string of the molecule is C[C](CO)c1cc(C)cc(I)c1. The minimum Gasteiger partial charge on any atom is -0.395 e. The molecular weight excluding hydrogens is 263 g/mol. The molecule has 0 saturated carbocycles. The predicted octanol–water partition coefficient (Wildman–Crippen LogP) is 2.53. The van der Waals surface area contributed by atoms with Crippen molar-refractivity contribution in [3.8, 4) is 0 Å². The predicted molar refractivity (Wildman–Crippen MR) is 59.0 cm³/mol. The Hall–Kier alpha value is -0.0900. The Bertz CT molecular complexity index is 250. The summed E-state index contributed by atoms with van der Waals surface area (Å²) in [4.78, 5) is 0. The van der Waals surface area contributed by atoms with Crippen LogP contribution in [0.25, 0.3) is 0 Å². The quantitative estimate of drug-likeness (QED) is 0.822. The molecule has 0 atom stereocenters. The topological polar surface area (TPSA) is 20.2 Å². The van der Waals surface area contributed by atoms with Crippen molar-refractivity contribution in [3.63, 3.8) is 0 Å². The Morgan fingerprint density at radius 1 is 1.42 bits per heavy atom. The molecule has 0 aromatic heterocycles. The fraction of sp³-hybridized carbons (Fsp3) is 0.300. The van der Waals surface area contributed by atoms with Crippen molar-refractivity contribution in [2.75, 3.05) is 6.61 Å². The molecule has 0 aliphatic carbocycles. The molecule has 0 aliphatic heterocycles. The van der Waals surface area contributed by atoms with E-state index in [1.54, 1.807) is 0 Å². The molecule has 0 aliphatic rings. The van der Waals surface area contributed by atoms with Gasteiger partial charge in [0.1, 0.15) is 0 Å². The normalized spacial score (nSPS) is 10.8. The number of benzene rings is 1. The summed E-state index contributed by atoms with van der Waals surface area (Å²) < 4.78 is 1.22. The van der Waals surface area contributed by atoms with Crippen molar-refractivity contribution in [3.05, 3.63) is 38.8 Å². The first-order valence-electron chi connectivity index (χ1n) is 3.84. The summed E-state index contributed by atoms with van der Waals surface area (Å²) in [5, 5.41) is 8.93.